The van der Waals surface area contributed by atoms with E-state index in [4.69, 9.17) is 5.84 Å². The van der Waals surface area contributed by atoms with Crippen molar-refractivity contribution in [3.05, 3.63) is 47.1 Å². The van der Waals surface area contributed by atoms with E-state index in [0.29, 0.717) is 10.2 Å². The molecule has 0 fully saturated rings. The van der Waals surface area contributed by atoms with Gasteiger partial charge in [-0.3, -0.25) is 4.72 Å². The highest BCUT2D eigenvalue weighted by Crippen LogP contribution is 2.24. The standard InChI is InChI=1S/C11H11BrN4O2S/c12-8-6-10(11(15-13)14-7-8)19(17,18)16-9-4-2-1-3-5-9/h1-7,16H,13H2,(H,14,15). The van der Waals surface area contributed by atoms with E-state index >= 15 is 0 Å². The molecule has 0 aliphatic rings. The number of nitrogens with two attached hydrogens (primary N) is 1. The van der Waals surface area contributed by atoms with E-state index in [-0.39, 0.29) is 10.7 Å². The van der Waals surface area contributed by atoms with Gasteiger partial charge >= 0.3 is 0 Å². The van der Waals surface area contributed by atoms with Gasteiger partial charge < -0.3 is 5.43 Å². The van der Waals surface area contributed by atoms with Crippen molar-refractivity contribution in [1.29, 1.82) is 0 Å². The number of nitrogens with one attached hydrogen (secondary N) is 2. The largest absolute Gasteiger partial charge is 0.307 e. The molecule has 1 heterocycles. The number of anilines is 2. The summed E-state index contributed by atoms with van der Waals surface area (Å²) in [7, 11) is -3.76. The van der Waals surface area contributed by atoms with E-state index in [1.807, 2.05) is 0 Å². The lowest BCUT2D eigenvalue weighted by Crippen LogP contribution is -2.18. The number of para-hydroxylation sites is 1. The van der Waals surface area contributed by atoms with Crippen LogP contribution >= 0.6 is 15.9 Å². The zero-order chi connectivity index (χ0) is 13.9. The molecule has 2 aromatic rings. The number of aromatic nitrogens is 1. The molecule has 0 aliphatic heterocycles. The molecule has 0 spiro atoms. The van der Waals surface area contributed by atoms with Gasteiger partial charge in [-0.2, -0.15) is 0 Å². The molecule has 0 unspecified atom stereocenters. The summed E-state index contributed by atoms with van der Waals surface area (Å²) in [6, 6.07) is 9.99. The maximum absolute atomic E-state index is 12.3. The normalized spacial score (nSPS) is 11.1. The maximum Gasteiger partial charge on any atom is 0.265 e. The Bertz CT molecular complexity index is 676. The molecular weight excluding hydrogens is 332 g/mol. The van der Waals surface area contributed by atoms with Gasteiger partial charge in [-0.05, 0) is 34.1 Å². The first-order valence-electron chi connectivity index (χ1n) is 5.23. The number of hydrazine groups is 1. The molecule has 2 rings (SSSR count). The molecule has 0 radical (unpaired) electrons. The van der Waals surface area contributed by atoms with E-state index in [2.05, 4.69) is 31.1 Å². The Balaban J connectivity index is 2.42. The molecule has 1 aromatic heterocycles. The Hall–Kier alpha value is -1.64. The molecule has 6 nitrogen and oxygen atoms in total. The number of halogens is 1. The smallest absolute Gasteiger partial charge is 0.265 e. The Morgan fingerprint density at radius 2 is 1.89 bits per heavy atom. The quantitative estimate of drug-likeness (QED) is 0.582. The van der Waals surface area contributed by atoms with Crippen molar-refractivity contribution in [2.45, 2.75) is 4.90 Å². The van der Waals surface area contributed by atoms with Gasteiger partial charge in [0.15, 0.2) is 5.82 Å². The summed E-state index contributed by atoms with van der Waals surface area (Å²) in [5.74, 6) is 5.35. The van der Waals surface area contributed by atoms with Crippen LogP contribution < -0.4 is 16.0 Å². The van der Waals surface area contributed by atoms with Gasteiger partial charge in [0.1, 0.15) is 4.90 Å². The third-order valence-electron chi connectivity index (χ3n) is 2.27. The van der Waals surface area contributed by atoms with Crippen LogP contribution in [0.1, 0.15) is 0 Å². The van der Waals surface area contributed by atoms with Gasteiger partial charge in [-0.25, -0.2) is 19.2 Å². The lowest BCUT2D eigenvalue weighted by atomic mass is 10.3. The zero-order valence-electron chi connectivity index (χ0n) is 9.67. The summed E-state index contributed by atoms with van der Waals surface area (Å²) in [5, 5.41) is 0. The Labute approximate surface area is 119 Å². The van der Waals surface area contributed by atoms with Crippen LogP contribution in [0.25, 0.3) is 0 Å². The van der Waals surface area contributed by atoms with Gasteiger partial charge in [0.05, 0.1) is 0 Å². The SMILES string of the molecule is NNc1ncc(Br)cc1S(=O)(=O)Nc1ccccc1. The van der Waals surface area contributed by atoms with Crippen molar-refractivity contribution < 1.29 is 8.42 Å². The molecule has 8 heteroatoms. The third-order valence-corrected chi connectivity index (χ3v) is 4.10. The summed E-state index contributed by atoms with van der Waals surface area (Å²) in [6.45, 7) is 0. The molecule has 0 amide bonds. The van der Waals surface area contributed by atoms with Crippen LogP contribution in [-0.2, 0) is 10.0 Å². The van der Waals surface area contributed by atoms with Crippen LogP contribution in [-0.4, -0.2) is 13.4 Å². The number of nitrogen functional groups attached to an aromatic ring is 1. The summed E-state index contributed by atoms with van der Waals surface area (Å²) >= 11 is 3.18. The molecular formula is C11H11BrN4O2S. The number of nitrogens with zero attached hydrogens (tertiary/aromatic N) is 1. The van der Waals surface area contributed by atoms with Gasteiger partial charge in [0.2, 0.25) is 0 Å². The molecule has 0 aliphatic carbocycles. The van der Waals surface area contributed by atoms with Crippen LogP contribution in [0.4, 0.5) is 11.5 Å². The molecule has 1 aromatic carbocycles. The van der Waals surface area contributed by atoms with E-state index in [9.17, 15) is 8.42 Å². The molecule has 4 N–H and O–H groups in total. The second-order valence-electron chi connectivity index (χ2n) is 3.62. The molecule has 100 valence electrons. The Kier molecular flexibility index (Phi) is 4.03. The number of hydrogen-bond donors (Lipinski definition) is 3. The van der Waals surface area contributed by atoms with Crippen LogP contribution in [0.5, 0.6) is 0 Å². The van der Waals surface area contributed by atoms with Gasteiger partial charge in [-0.15, -0.1) is 0 Å². The van der Waals surface area contributed by atoms with E-state index < -0.39 is 10.0 Å². The van der Waals surface area contributed by atoms with Gasteiger partial charge in [0.25, 0.3) is 10.0 Å². The third kappa shape index (κ3) is 3.22. The van der Waals surface area contributed by atoms with Crippen molar-refractivity contribution in [3.8, 4) is 0 Å². The average molecular weight is 343 g/mol. The number of sulfonamides is 1. The molecule has 0 bridgehead atoms. The number of hydrogen-bond acceptors (Lipinski definition) is 5. The van der Waals surface area contributed by atoms with Crippen molar-refractivity contribution in [2.24, 2.45) is 5.84 Å². The summed E-state index contributed by atoms with van der Waals surface area (Å²) < 4.78 is 27.5. The number of pyridine rings is 1. The highest BCUT2D eigenvalue weighted by Gasteiger charge is 2.20. The summed E-state index contributed by atoms with van der Waals surface area (Å²) in [4.78, 5) is 3.87. The zero-order valence-corrected chi connectivity index (χ0v) is 12.1. The van der Waals surface area contributed by atoms with Crippen LogP contribution in [0.2, 0.25) is 0 Å². The fourth-order valence-electron chi connectivity index (χ4n) is 1.45. The van der Waals surface area contributed by atoms with Crippen LogP contribution in [0, 0.1) is 0 Å². The predicted molar refractivity (Wildman–Crippen MR) is 77.0 cm³/mol. The van der Waals surface area contributed by atoms with E-state index in [0.717, 1.165) is 0 Å². The van der Waals surface area contributed by atoms with E-state index in [1.54, 1.807) is 30.3 Å². The monoisotopic (exact) mass is 342 g/mol. The second-order valence-corrected chi connectivity index (χ2v) is 6.18. The second kappa shape index (κ2) is 5.55. The minimum absolute atomic E-state index is 0.0340. The minimum atomic E-state index is -3.76. The lowest BCUT2D eigenvalue weighted by Gasteiger charge is -2.11. The first-order chi connectivity index (χ1) is 9.03. The van der Waals surface area contributed by atoms with Crippen molar-refractivity contribution in [3.63, 3.8) is 0 Å². The van der Waals surface area contributed by atoms with Gasteiger partial charge in [0, 0.05) is 16.4 Å². The summed E-state index contributed by atoms with van der Waals surface area (Å²) in [6.07, 6.45) is 1.46. The number of benzene rings is 1. The molecule has 0 atom stereocenters. The van der Waals surface area contributed by atoms with Crippen LogP contribution in [0.15, 0.2) is 52.0 Å². The Morgan fingerprint density at radius 1 is 1.21 bits per heavy atom. The maximum atomic E-state index is 12.3. The predicted octanol–water partition coefficient (Wildman–Crippen LogP) is 1.93. The van der Waals surface area contributed by atoms with Crippen molar-refractivity contribution in [1.82, 2.24) is 4.98 Å². The first-order valence-corrected chi connectivity index (χ1v) is 7.50. The number of rotatable bonds is 4. The van der Waals surface area contributed by atoms with Gasteiger partial charge in [-0.1, -0.05) is 18.2 Å². The van der Waals surface area contributed by atoms with E-state index in [1.165, 1.54) is 12.3 Å². The topological polar surface area (TPSA) is 97.1 Å². The van der Waals surface area contributed by atoms with Crippen LogP contribution in [0.3, 0.4) is 0 Å². The fraction of sp³-hybridized carbons (Fsp3) is 0. The molecule has 19 heavy (non-hydrogen) atoms. The molecule has 0 saturated heterocycles. The molecule has 0 saturated carbocycles. The summed E-state index contributed by atoms with van der Waals surface area (Å²) in [5.41, 5.74) is 2.73. The highest BCUT2D eigenvalue weighted by molar-refractivity contribution is 9.10. The average Bonchev–Trinajstić information content (AvgIpc) is 2.39. The highest BCUT2D eigenvalue weighted by atomic mass is 79.9. The lowest BCUT2D eigenvalue weighted by molar-refractivity contribution is 0.601. The minimum Gasteiger partial charge on any atom is -0.307 e. The fourth-order valence-corrected chi connectivity index (χ4v) is 3.14. The first kappa shape index (κ1) is 13.8. The van der Waals surface area contributed by atoms with Crippen molar-refractivity contribution in [2.75, 3.05) is 10.1 Å². The Morgan fingerprint density at radius 3 is 2.53 bits per heavy atom. The van der Waals surface area contributed by atoms with Crippen molar-refractivity contribution >= 4 is 37.5 Å².